The predicted molar refractivity (Wildman–Crippen MR) is 44.2 cm³/mol. The molecule has 17 heavy (non-hydrogen) atoms. The third-order valence-electron chi connectivity index (χ3n) is 2.06. The van der Waals surface area contributed by atoms with Crippen molar-refractivity contribution in [1.29, 1.82) is 0 Å². The lowest BCUT2D eigenvalue weighted by atomic mass is 10.0. The van der Waals surface area contributed by atoms with Gasteiger partial charge >= 0.3 is 12.3 Å². The van der Waals surface area contributed by atoms with Gasteiger partial charge in [-0.15, -0.1) is 0 Å². The minimum Gasteiger partial charge on any atom is -0.319 e. The number of hydrogen-bond donors (Lipinski definition) is 1. The highest BCUT2D eigenvalue weighted by Crippen LogP contribution is 2.37. The molecule has 0 aliphatic heterocycles. The summed E-state index contributed by atoms with van der Waals surface area (Å²) in [6.07, 6.45) is -4.19. The van der Waals surface area contributed by atoms with E-state index in [9.17, 15) is 30.7 Å². The second-order valence-electron chi connectivity index (χ2n) is 3.24. The molecule has 1 unspecified atom stereocenters. The topological polar surface area (TPSA) is 26.0 Å². The van der Waals surface area contributed by atoms with E-state index in [1.807, 2.05) is 0 Å². The number of halogens is 7. The fourth-order valence-electron chi connectivity index (χ4n) is 1.18. The molecule has 0 aliphatic rings. The highest BCUT2D eigenvalue weighted by molar-refractivity contribution is 5.26. The van der Waals surface area contributed by atoms with Gasteiger partial charge in [0.25, 0.3) is 0 Å². The van der Waals surface area contributed by atoms with Crippen LogP contribution in [0.25, 0.3) is 0 Å². The summed E-state index contributed by atoms with van der Waals surface area (Å²) in [6.45, 7) is 0. The molecule has 0 radical (unpaired) electrons. The standard InChI is InChI=1S/C9H6F7N/c10-3-1-4(11)6(5(12)2-3)7(17)9(15,16)8(13)14/h1-2,7-8H,17H2. The molecule has 0 heterocycles. The van der Waals surface area contributed by atoms with Crippen LogP contribution in [-0.2, 0) is 0 Å². The van der Waals surface area contributed by atoms with Crippen LogP contribution >= 0.6 is 0 Å². The Bertz CT molecular complexity index is 395. The van der Waals surface area contributed by atoms with Crippen LogP contribution < -0.4 is 5.73 Å². The predicted octanol–water partition coefficient (Wildman–Crippen LogP) is 3.00. The molecule has 1 aromatic carbocycles. The maximum absolute atomic E-state index is 13.0. The first-order valence-corrected chi connectivity index (χ1v) is 4.24. The fourth-order valence-corrected chi connectivity index (χ4v) is 1.18. The van der Waals surface area contributed by atoms with E-state index in [4.69, 9.17) is 5.73 Å². The number of benzene rings is 1. The van der Waals surface area contributed by atoms with E-state index in [2.05, 4.69) is 0 Å². The van der Waals surface area contributed by atoms with E-state index in [0.717, 1.165) is 0 Å². The van der Waals surface area contributed by atoms with E-state index >= 15 is 0 Å². The highest BCUT2D eigenvalue weighted by Gasteiger charge is 2.49. The molecule has 0 fully saturated rings. The molecule has 2 N–H and O–H groups in total. The number of hydrogen-bond acceptors (Lipinski definition) is 1. The highest BCUT2D eigenvalue weighted by atomic mass is 19.3. The molecule has 0 aromatic heterocycles. The van der Waals surface area contributed by atoms with E-state index in [-0.39, 0.29) is 12.1 Å². The Balaban J connectivity index is 3.26. The first-order chi connectivity index (χ1) is 7.67. The summed E-state index contributed by atoms with van der Waals surface area (Å²) in [5.41, 5.74) is 3.22. The summed E-state index contributed by atoms with van der Waals surface area (Å²) >= 11 is 0. The zero-order valence-corrected chi connectivity index (χ0v) is 8.03. The lowest BCUT2D eigenvalue weighted by Gasteiger charge is -2.23. The van der Waals surface area contributed by atoms with Crippen molar-refractivity contribution in [2.45, 2.75) is 18.4 Å². The van der Waals surface area contributed by atoms with Crippen molar-refractivity contribution in [1.82, 2.24) is 0 Å². The van der Waals surface area contributed by atoms with Gasteiger partial charge in [-0.05, 0) is 0 Å². The van der Waals surface area contributed by atoms with E-state index in [0.29, 0.717) is 0 Å². The van der Waals surface area contributed by atoms with Gasteiger partial charge in [0.1, 0.15) is 23.5 Å². The number of rotatable bonds is 3. The summed E-state index contributed by atoms with van der Waals surface area (Å²) in [7, 11) is 0. The Morgan fingerprint density at radius 3 is 1.76 bits per heavy atom. The van der Waals surface area contributed by atoms with Crippen molar-refractivity contribution in [2.75, 3.05) is 0 Å². The first kappa shape index (κ1) is 13.8. The molecule has 0 bridgehead atoms. The maximum atomic E-state index is 13.0. The van der Waals surface area contributed by atoms with E-state index in [1.165, 1.54) is 0 Å². The Morgan fingerprint density at radius 1 is 1.00 bits per heavy atom. The van der Waals surface area contributed by atoms with Crippen molar-refractivity contribution in [3.8, 4) is 0 Å². The Morgan fingerprint density at radius 2 is 1.41 bits per heavy atom. The molecule has 1 rings (SSSR count). The van der Waals surface area contributed by atoms with Crippen molar-refractivity contribution >= 4 is 0 Å². The van der Waals surface area contributed by atoms with Gasteiger partial charge in [-0.25, -0.2) is 22.0 Å². The van der Waals surface area contributed by atoms with Gasteiger partial charge in [-0.3, -0.25) is 0 Å². The third kappa shape index (κ3) is 2.51. The van der Waals surface area contributed by atoms with Crippen LogP contribution in [0.3, 0.4) is 0 Å². The van der Waals surface area contributed by atoms with Crippen molar-refractivity contribution in [3.63, 3.8) is 0 Å². The van der Waals surface area contributed by atoms with Crippen molar-refractivity contribution in [3.05, 3.63) is 35.1 Å². The lowest BCUT2D eigenvalue weighted by molar-refractivity contribution is -0.145. The molecule has 1 atom stereocenters. The maximum Gasteiger partial charge on any atom is 0.326 e. The molecule has 0 amide bonds. The zero-order chi connectivity index (χ0) is 13.4. The number of alkyl halides is 4. The Labute approximate surface area is 91.0 Å². The van der Waals surface area contributed by atoms with Crippen LogP contribution in [0, 0.1) is 17.5 Å². The summed E-state index contributed by atoms with van der Waals surface area (Å²) in [5, 5.41) is 0. The number of nitrogens with two attached hydrogens (primary N) is 1. The molecule has 96 valence electrons. The molecule has 1 nitrogen and oxygen atoms in total. The van der Waals surface area contributed by atoms with E-state index < -0.39 is 41.4 Å². The second-order valence-corrected chi connectivity index (χ2v) is 3.24. The first-order valence-electron chi connectivity index (χ1n) is 4.24. The van der Waals surface area contributed by atoms with Gasteiger partial charge in [-0.2, -0.15) is 8.78 Å². The Kier molecular flexibility index (Phi) is 3.65. The van der Waals surface area contributed by atoms with Gasteiger partial charge < -0.3 is 5.73 Å². The van der Waals surface area contributed by atoms with Crippen LogP contribution in [0.4, 0.5) is 30.7 Å². The minimum atomic E-state index is -4.82. The Hall–Kier alpha value is -1.31. The van der Waals surface area contributed by atoms with Gasteiger partial charge in [0.15, 0.2) is 0 Å². The summed E-state index contributed by atoms with van der Waals surface area (Å²) in [5.74, 6) is -9.67. The van der Waals surface area contributed by atoms with Crippen LogP contribution in [0.2, 0.25) is 0 Å². The summed E-state index contributed by atoms with van der Waals surface area (Å²) < 4.78 is 88.0. The minimum absolute atomic E-state index is 0.0832. The molecule has 0 aliphatic carbocycles. The van der Waals surface area contributed by atoms with Crippen LogP contribution in [0.1, 0.15) is 11.6 Å². The van der Waals surface area contributed by atoms with Gasteiger partial charge in [0, 0.05) is 17.7 Å². The van der Waals surface area contributed by atoms with Gasteiger partial charge in [0.05, 0.1) is 0 Å². The molecule has 0 saturated carbocycles. The van der Waals surface area contributed by atoms with Crippen LogP contribution in [-0.4, -0.2) is 12.3 Å². The molecule has 0 saturated heterocycles. The molecule has 0 spiro atoms. The molecule has 8 heteroatoms. The molecule has 1 aromatic rings. The van der Waals surface area contributed by atoms with Crippen LogP contribution in [0.5, 0.6) is 0 Å². The largest absolute Gasteiger partial charge is 0.326 e. The van der Waals surface area contributed by atoms with Crippen LogP contribution in [0.15, 0.2) is 12.1 Å². The average Bonchev–Trinajstić information content (AvgIpc) is 2.15. The van der Waals surface area contributed by atoms with Gasteiger partial charge in [-0.1, -0.05) is 0 Å². The monoisotopic (exact) mass is 261 g/mol. The molecular weight excluding hydrogens is 255 g/mol. The van der Waals surface area contributed by atoms with E-state index in [1.54, 1.807) is 0 Å². The third-order valence-corrected chi connectivity index (χ3v) is 2.06. The van der Waals surface area contributed by atoms with Crippen molar-refractivity contribution in [2.24, 2.45) is 5.73 Å². The normalized spacial score (nSPS) is 14.2. The fraction of sp³-hybridized carbons (Fsp3) is 0.333. The zero-order valence-electron chi connectivity index (χ0n) is 8.03. The molecular formula is C9H6F7N. The lowest BCUT2D eigenvalue weighted by Crippen LogP contribution is -2.40. The van der Waals surface area contributed by atoms with Gasteiger partial charge in [0.2, 0.25) is 0 Å². The average molecular weight is 261 g/mol. The summed E-state index contributed by atoms with van der Waals surface area (Å²) in [4.78, 5) is 0. The second kappa shape index (κ2) is 4.52. The van der Waals surface area contributed by atoms with Crippen molar-refractivity contribution < 1.29 is 30.7 Å². The quantitative estimate of drug-likeness (QED) is 0.831. The smallest absolute Gasteiger partial charge is 0.319 e. The SMILES string of the molecule is NC(c1c(F)cc(F)cc1F)C(F)(F)C(F)F. The summed E-state index contributed by atoms with van der Waals surface area (Å²) in [6, 6.07) is -2.73.